The first-order chi connectivity index (χ1) is 13.3. The van der Waals surface area contributed by atoms with Crippen LogP contribution in [0.1, 0.15) is 36.4 Å². The molecule has 2 aliphatic rings. The molecule has 0 radical (unpaired) electrons. The van der Waals surface area contributed by atoms with Crippen LogP contribution >= 0.6 is 11.8 Å². The van der Waals surface area contributed by atoms with Crippen LogP contribution in [-0.4, -0.2) is 36.3 Å². The molecule has 4 rings (SSSR count). The molecular weight excluding hydrogens is 356 g/mol. The van der Waals surface area contributed by atoms with E-state index < -0.39 is 0 Å². The van der Waals surface area contributed by atoms with Crippen molar-refractivity contribution in [3.63, 3.8) is 0 Å². The summed E-state index contributed by atoms with van der Waals surface area (Å²) in [6, 6.07) is 17.0. The third-order valence-electron chi connectivity index (χ3n) is 5.28. The normalized spacial score (nSPS) is 19.0. The second-order valence-electron chi connectivity index (χ2n) is 7.09. The van der Waals surface area contributed by atoms with E-state index in [1.165, 1.54) is 10.5 Å². The van der Waals surface area contributed by atoms with Gasteiger partial charge in [0.1, 0.15) is 5.75 Å². The molecule has 1 saturated heterocycles. The summed E-state index contributed by atoms with van der Waals surface area (Å²) in [5.74, 6) is 2.03. The summed E-state index contributed by atoms with van der Waals surface area (Å²) in [6.45, 7) is 2.59. The van der Waals surface area contributed by atoms with Crippen LogP contribution in [0.15, 0.2) is 53.4 Å². The molecule has 1 N–H and O–H groups in total. The van der Waals surface area contributed by atoms with Gasteiger partial charge in [-0.3, -0.25) is 4.79 Å². The molecule has 0 spiro atoms. The summed E-state index contributed by atoms with van der Waals surface area (Å²) in [4.78, 5) is 15.5. The number of fused-ring (bicyclic) bond motifs is 1. The summed E-state index contributed by atoms with van der Waals surface area (Å²) in [5.41, 5.74) is 2.48. The fourth-order valence-electron chi connectivity index (χ4n) is 3.78. The zero-order valence-electron chi connectivity index (χ0n) is 15.5. The lowest BCUT2D eigenvalue weighted by Crippen LogP contribution is -2.32. The Morgan fingerprint density at radius 1 is 1.11 bits per heavy atom. The lowest BCUT2D eigenvalue weighted by molar-refractivity contribution is -0.132. The first-order valence-electron chi connectivity index (χ1n) is 9.75. The maximum absolute atomic E-state index is 12.3. The van der Waals surface area contributed by atoms with Crippen LogP contribution in [0.3, 0.4) is 0 Å². The van der Waals surface area contributed by atoms with Gasteiger partial charge in [0.25, 0.3) is 5.91 Å². The molecule has 1 atom stereocenters. The number of para-hydroxylation sites is 1. The largest absolute Gasteiger partial charge is 0.483 e. The second kappa shape index (κ2) is 8.81. The minimum Gasteiger partial charge on any atom is -0.483 e. The summed E-state index contributed by atoms with van der Waals surface area (Å²) >= 11 is 1.93. The molecule has 2 heterocycles. The van der Waals surface area contributed by atoms with Gasteiger partial charge in [-0.05, 0) is 42.7 Å². The lowest BCUT2D eigenvalue weighted by atomic mass is 10.0. The molecule has 2 aromatic rings. The number of nitrogens with zero attached hydrogens (tertiary/aromatic N) is 1. The molecule has 0 bridgehead atoms. The minimum atomic E-state index is 0.0912. The SMILES string of the molecule is O=C(COc1ccccc1CNC1CCSc2ccccc21)N1CCCC1. The van der Waals surface area contributed by atoms with Gasteiger partial charge in [0.2, 0.25) is 0 Å². The van der Waals surface area contributed by atoms with Crippen molar-refractivity contribution in [1.29, 1.82) is 0 Å². The van der Waals surface area contributed by atoms with Crippen molar-refractivity contribution in [1.82, 2.24) is 10.2 Å². The minimum absolute atomic E-state index is 0.0912. The van der Waals surface area contributed by atoms with Gasteiger partial charge in [0.05, 0.1) is 0 Å². The Morgan fingerprint density at radius 3 is 2.78 bits per heavy atom. The van der Waals surface area contributed by atoms with Crippen LogP contribution in [-0.2, 0) is 11.3 Å². The molecule has 2 aliphatic heterocycles. The Kier molecular flexibility index (Phi) is 6.00. The van der Waals surface area contributed by atoms with E-state index in [0.717, 1.165) is 56.0 Å². The Morgan fingerprint density at radius 2 is 1.89 bits per heavy atom. The summed E-state index contributed by atoms with van der Waals surface area (Å²) in [6.07, 6.45) is 3.33. The number of carbonyl (C=O) groups excluding carboxylic acids is 1. The van der Waals surface area contributed by atoms with E-state index in [9.17, 15) is 4.79 Å². The lowest BCUT2D eigenvalue weighted by Gasteiger charge is -2.26. The highest BCUT2D eigenvalue weighted by Crippen LogP contribution is 2.36. The van der Waals surface area contributed by atoms with E-state index in [2.05, 4.69) is 35.6 Å². The van der Waals surface area contributed by atoms with E-state index >= 15 is 0 Å². The van der Waals surface area contributed by atoms with Gasteiger partial charge < -0.3 is 15.0 Å². The van der Waals surface area contributed by atoms with E-state index in [1.54, 1.807) is 0 Å². The number of benzene rings is 2. The molecular formula is C22H26N2O2S. The number of hydrogen-bond donors (Lipinski definition) is 1. The zero-order valence-corrected chi connectivity index (χ0v) is 16.3. The quantitative estimate of drug-likeness (QED) is 0.819. The molecule has 1 fully saturated rings. The third-order valence-corrected chi connectivity index (χ3v) is 6.40. The maximum atomic E-state index is 12.3. The van der Waals surface area contributed by atoms with Gasteiger partial charge in [0, 0.05) is 36.1 Å². The van der Waals surface area contributed by atoms with Crippen LogP contribution < -0.4 is 10.1 Å². The first kappa shape index (κ1) is 18.4. The predicted molar refractivity (Wildman–Crippen MR) is 109 cm³/mol. The first-order valence-corrected chi connectivity index (χ1v) is 10.7. The maximum Gasteiger partial charge on any atom is 0.260 e. The van der Waals surface area contributed by atoms with Crippen LogP contribution in [0.5, 0.6) is 5.75 Å². The van der Waals surface area contributed by atoms with Crippen molar-refractivity contribution < 1.29 is 9.53 Å². The van der Waals surface area contributed by atoms with Gasteiger partial charge in [-0.1, -0.05) is 36.4 Å². The molecule has 0 aliphatic carbocycles. The molecule has 142 valence electrons. The highest BCUT2D eigenvalue weighted by molar-refractivity contribution is 7.99. The van der Waals surface area contributed by atoms with Crippen LogP contribution in [0.25, 0.3) is 0 Å². The van der Waals surface area contributed by atoms with E-state index in [-0.39, 0.29) is 12.5 Å². The molecule has 0 saturated carbocycles. The second-order valence-corrected chi connectivity index (χ2v) is 8.23. The number of hydrogen-bond acceptors (Lipinski definition) is 4. The van der Waals surface area contributed by atoms with Gasteiger partial charge in [-0.25, -0.2) is 0 Å². The fraction of sp³-hybridized carbons (Fsp3) is 0.409. The van der Waals surface area contributed by atoms with Gasteiger partial charge in [-0.15, -0.1) is 11.8 Å². The smallest absolute Gasteiger partial charge is 0.260 e. The fourth-order valence-corrected chi connectivity index (χ4v) is 4.90. The highest BCUT2D eigenvalue weighted by Gasteiger charge is 2.21. The number of thioether (sulfide) groups is 1. The number of rotatable bonds is 6. The number of amides is 1. The number of carbonyl (C=O) groups is 1. The molecule has 5 heteroatoms. The Bertz CT molecular complexity index is 789. The van der Waals surface area contributed by atoms with Gasteiger partial charge in [0.15, 0.2) is 6.61 Å². The summed E-state index contributed by atoms with van der Waals surface area (Å²) in [5, 5.41) is 3.69. The number of likely N-dealkylation sites (tertiary alicyclic amines) is 1. The van der Waals surface area contributed by atoms with Crippen molar-refractivity contribution >= 4 is 17.7 Å². The molecule has 27 heavy (non-hydrogen) atoms. The standard InChI is InChI=1S/C22H26N2O2S/c25-22(24-12-5-6-13-24)16-26-20-9-3-1-7-17(20)15-23-19-11-14-27-21-10-4-2-8-18(19)21/h1-4,7-10,19,23H,5-6,11-16H2. The van der Waals surface area contributed by atoms with Crippen molar-refractivity contribution in [3.8, 4) is 5.75 Å². The van der Waals surface area contributed by atoms with E-state index in [1.807, 2.05) is 34.9 Å². The van der Waals surface area contributed by atoms with Crippen LogP contribution in [0.4, 0.5) is 0 Å². The topological polar surface area (TPSA) is 41.6 Å². The Labute approximate surface area is 165 Å². The highest BCUT2D eigenvalue weighted by atomic mass is 32.2. The van der Waals surface area contributed by atoms with Crippen molar-refractivity contribution in [2.24, 2.45) is 0 Å². The van der Waals surface area contributed by atoms with E-state index in [4.69, 9.17) is 4.74 Å². The summed E-state index contributed by atoms with van der Waals surface area (Å²) < 4.78 is 5.89. The average molecular weight is 383 g/mol. The van der Waals surface area contributed by atoms with Crippen molar-refractivity contribution in [2.75, 3.05) is 25.4 Å². The third kappa shape index (κ3) is 4.47. The monoisotopic (exact) mass is 382 g/mol. The van der Waals surface area contributed by atoms with Gasteiger partial charge >= 0.3 is 0 Å². The molecule has 2 aromatic carbocycles. The van der Waals surface area contributed by atoms with E-state index in [0.29, 0.717) is 6.04 Å². The Hall–Kier alpha value is -1.98. The van der Waals surface area contributed by atoms with Crippen molar-refractivity contribution in [3.05, 3.63) is 59.7 Å². The average Bonchev–Trinajstić information content (AvgIpc) is 3.26. The molecule has 1 unspecified atom stereocenters. The molecule has 0 aromatic heterocycles. The molecule has 4 nitrogen and oxygen atoms in total. The van der Waals surface area contributed by atoms with Crippen LogP contribution in [0, 0.1) is 0 Å². The Balaban J connectivity index is 1.38. The van der Waals surface area contributed by atoms with Crippen molar-refractivity contribution in [2.45, 2.75) is 36.7 Å². The van der Waals surface area contributed by atoms with Gasteiger partial charge in [-0.2, -0.15) is 0 Å². The molecule has 1 amide bonds. The number of ether oxygens (including phenoxy) is 1. The van der Waals surface area contributed by atoms with Crippen LogP contribution in [0.2, 0.25) is 0 Å². The zero-order chi connectivity index (χ0) is 18.5. The summed E-state index contributed by atoms with van der Waals surface area (Å²) in [7, 11) is 0. The number of nitrogens with one attached hydrogen (secondary N) is 1. The predicted octanol–water partition coefficient (Wildman–Crippen LogP) is 4.01.